The van der Waals surface area contributed by atoms with E-state index in [1.807, 2.05) is 12.1 Å². The van der Waals surface area contributed by atoms with Gasteiger partial charge in [-0.15, -0.1) is 0 Å². The van der Waals surface area contributed by atoms with Gasteiger partial charge in [-0.3, -0.25) is 9.69 Å². The van der Waals surface area contributed by atoms with E-state index in [0.29, 0.717) is 19.5 Å². The number of benzene rings is 1. The van der Waals surface area contributed by atoms with Crippen LogP contribution >= 0.6 is 0 Å². The van der Waals surface area contributed by atoms with Gasteiger partial charge in [0.15, 0.2) is 0 Å². The van der Waals surface area contributed by atoms with Crippen LogP contribution in [-0.2, 0) is 32.6 Å². The lowest BCUT2D eigenvalue weighted by Gasteiger charge is -2.31. The second-order valence-corrected chi connectivity index (χ2v) is 9.42. The molecule has 27 heavy (non-hydrogen) atoms. The molecule has 2 unspecified atom stereocenters. The standard InChI is InChI=1S/C19H29N3O4S/c1-15-13-21(9-10-26-15)14-17-6-3-5-16(11-17)12-20-19(23)18-7-4-8-22(18)27(2,24)25/h3,5-6,11,15,18H,4,7-10,12-14H2,1-2H3,(H,20,23). The molecule has 0 radical (unpaired) electrons. The lowest BCUT2D eigenvalue weighted by molar-refractivity contribution is -0.124. The van der Waals surface area contributed by atoms with Gasteiger partial charge in [0.2, 0.25) is 15.9 Å². The number of nitrogens with one attached hydrogen (secondary N) is 1. The van der Waals surface area contributed by atoms with Crippen LogP contribution in [-0.4, -0.2) is 68.2 Å². The number of sulfonamides is 1. The summed E-state index contributed by atoms with van der Waals surface area (Å²) in [6.07, 6.45) is 2.71. The van der Waals surface area contributed by atoms with E-state index in [1.165, 1.54) is 9.87 Å². The van der Waals surface area contributed by atoms with E-state index in [4.69, 9.17) is 4.74 Å². The summed E-state index contributed by atoms with van der Waals surface area (Å²) in [6.45, 7) is 6.37. The summed E-state index contributed by atoms with van der Waals surface area (Å²) in [5.41, 5.74) is 2.22. The molecular formula is C19H29N3O4S. The zero-order chi connectivity index (χ0) is 19.4. The van der Waals surface area contributed by atoms with Crippen molar-refractivity contribution in [3.05, 3.63) is 35.4 Å². The Balaban J connectivity index is 1.56. The van der Waals surface area contributed by atoms with E-state index < -0.39 is 16.1 Å². The number of hydrogen-bond acceptors (Lipinski definition) is 5. The van der Waals surface area contributed by atoms with Crippen LogP contribution in [0.15, 0.2) is 24.3 Å². The number of morpholine rings is 1. The van der Waals surface area contributed by atoms with Crippen LogP contribution in [0.4, 0.5) is 0 Å². The molecular weight excluding hydrogens is 366 g/mol. The summed E-state index contributed by atoms with van der Waals surface area (Å²) in [4.78, 5) is 14.8. The SMILES string of the molecule is CC1CN(Cc2cccc(CNC(=O)C3CCCN3S(C)(=O)=O)c2)CCO1. The summed E-state index contributed by atoms with van der Waals surface area (Å²) in [5, 5.41) is 2.90. The average Bonchev–Trinajstić information content (AvgIpc) is 3.10. The molecule has 2 saturated heterocycles. The van der Waals surface area contributed by atoms with Crippen molar-refractivity contribution < 1.29 is 17.9 Å². The molecule has 1 aromatic rings. The van der Waals surface area contributed by atoms with E-state index >= 15 is 0 Å². The molecule has 1 amide bonds. The van der Waals surface area contributed by atoms with Crippen LogP contribution in [0.5, 0.6) is 0 Å². The van der Waals surface area contributed by atoms with Crippen LogP contribution < -0.4 is 5.32 Å². The lowest BCUT2D eigenvalue weighted by Crippen LogP contribution is -2.45. The number of ether oxygens (including phenoxy) is 1. The van der Waals surface area contributed by atoms with E-state index in [-0.39, 0.29) is 12.0 Å². The van der Waals surface area contributed by atoms with Crippen molar-refractivity contribution in [3.8, 4) is 0 Å². The molecule has 7 nitrogen and oxygen atoms in total. The number of nitrogens with zero attached hydrogens (tertiary/aromatic N) is 2. The second kappa shape index (κ2) is 8.68. The normalized spacial score (nSPS) is 24.8. The highest BCUT2D eigenvalue weighted by molar-refractivity contribution is 7.88. The topological polar surface area (TPSA) is 79.0 Å². The van der Waals surface area contributed by atoms with Crippen molar-refractivity contribution in [1.29, 1.82) is 0 Å². The van der Waals surface area contributed by atoms with Crippen LogP contribution in [0.1, 0.15) is 30.9 Å². The Morgan fingerprint density at radius 2 is 2.07 bits per heavy atom. The molecule has 2 fully saturated rings. The summed E-state index contributed by atoms with van der Waals surface area (Å²) < 4.78 is 30.5. The van der Waals surface area contributed by atoms with Crippen LogP contribution in [0.25, 0.3) is 0 Å². The van der Waals surface area contributed by atoms with E-state index in [1.54, 1.807) is 0 Å². The Hall–Kier alpha value is -1.48. The Morgan fingerprint density at radius 3 is 2.81 bits per heavy atom. The maximum absolute atomic E-state index is 12.5. The number of hydrogen-bond donors (Lipinski definition) is 1. The molecule has 2 aliphatic rings. The van der Waals surface area contributed by atoms with Crippen molar-refractivity contribution in [2.24, 2.45) is 0 Å². The van der Waals surface area contributed by atoms with Gasteiger partial charge >= 0.3 is 0 Å². The fraction of sp³-hybridized carbons (Fsp3) is 0.632. The molecule has 2 aliphatic heterocycles. The molecule has 0 aliphatic carbocycles. The first-order chi connectivity index (χ1) is 12.8. The minimum absolute atomic E-state index is 0.217. The molecule has 0 aromatic heterocycles. The summed E-state index contributed by atoms with van der Waals surface area (Å²) in [6, 6.07) is 7.59. The maximum atomic E-state index is 12.5. The molecule has 0 saturated carbocycles. The van der Waals surface area contributed by atoms with Gasteiger partial charge < -0.3 is 10.1 Å². The molecule has 150 valence electrons. The van der Waals surface area contributed by atoms with Crippen LogP contribution in [0, 0.1) is 0 Å². The number of amides is 1. The Labute approximate surface area is 161 Å². The van der Waals surface area contributed by atoms with Gasteiger partial charge in [0.25, 0.3) is 0 Å². The van der Waals surface area contributed by atoms with Crippen molar-refractivity contribution in [1.82, 2.24) is 14.5 Å². The fourth-order valence-electron chi connectivity index (χ4n) is 3.84. The molecule has 1 aromatic carbocycles. The highest BCUT2D eigenvalue weighted by Crippen LogP contribution is 2.20. The lowest BCUT2D eigenvalue weighted by atomic mass is 10.1. The van der Waals surface area contributed by atoms with Crippen molar-refractivity contribution in [2.45, 2.75) is 45.0 Å². The first kappa shape index (κ1) is 20.3. The van der Waals surface area contributed by atoms with Crippen LogP contribution in [0.3, 0.4) is 0 Å². The molecule has 0 bridgehead atoms. The molecule has 0 spiro atoms. The summed E-state index contributed by atoms with van der Waals surface area (Å²) in [7, 11) is -3.35. The van der Waals surface area contributed by atoms with Gasteiger partial charge in [0.1, 0.15) is 6.04 Å². The Kier molecular flexibility index (Phi) is 6.52. The monoisotopic (exact) mass is 395 g/mol. The average molecular weight is 396 g/mol. The third-order valence-electron chi connectivity index (χ3n) is 5.12. The number of carbonyl (C=O) groups is 1. The summed E-state index contributed by atoms with van der Waals surface area (Å²) >= 11 is 0. The second-order valence-electron chi connectivity index (χ2n) is 7.49. The highest BCUT2D eigenvalue weighted by Gasteiger charge is 2.36. The van der Waals surface area contributed by atoms with Crippen LogP contribution in [0.2, 0.25) is 0 Å². The third-order valence-corrected chi connectivity index (χ3v) is 6.41. The number of rotatable bonds is 6. The molecule has 1 N–H and O–H groups in total. The molecule has 3 rings (SSSR count). The quantitative estimate of drug-likeness (QED) is 0.776. The maximum Gasteiger partial charge on any atom is 0.238 e. The molecule has 2 atom stereocenters. The predicted molar refractivity (Wildman–Crippen MR) is 104 cm³/mol. The van der Waals surface area contributed by atoms with Gasteiger partial charge in [0.05, 0.1) is 19.0 Å². The van der Waals surface area contributed by atoms with E-state index in [2.05, 4.69) is 29.3 Å². The zero-order valence-electron chi connectivity index (χ0n) is 16.1. The predicted octanol–water partition coefficient (Wildman–Crippen LogP) is 0.948. The summed E-state index contributed by atoms with van der Waals surface area (Å²) in [5.74, 6) is -0.217. The fourth-order valence-corrected chi connectivity index (χ4v) is 4.96. The van der Waals surface area contributed by atoms with Gasteiger partial charge in [0, 0.05) is 32.7 Å². The van der Waals surface area contributed by atoms with Crippen molar-refractivity contribution >= 4 is 15.9 Å². The minimum Gasteiger partial charge on any atom is -0.376 e. The first-order valence-corrected chi connectivity index (χ1v) is 11.3. The van der Waals surface area contributed by atoms with Gasteiger partial charge in [-0.25, -0.2) is 8.42 Å². The van der Waals surface area contributed by atoms with Crippen molar-refractivity contribution in [2.75, 3.05) is 32.5 Å². The van der Waals surface area contributed by atoms with Crippen molar-refractivity contribution in [3.63, 3.8) is 0 Å². The Bertz CT molecular complexity index is 768. The highest BCUT2D eigenvalue weighted by atomic mass is 32.2. The number of carbonyl (C=O) groups excluding carboxylic acids is 1. The largest absolute Gasteiger partial charge is 0.376 e. The van der Waals surface area contributed by atoms with Gasteiger partial charge in [-0.1, -0.05) is 24.3 Å². The zero-order valence-corrected chi connectivity index (χ0v) is 16.9. The first-order valence-electron chi connectivity index (χ1n) is 9.49. The van der Waals surface area contributed by atoms with E-state index in [9.17, 15) is 13.2 Å². The van der Waals surface area contributed by atoms with Gasteiger partial charge in [-0.05, 0) is 30.9 Å². The smallest absolute Gasteiger partial charge is 0.238 e. The molecule has 2 heterocycles. The third kappa shape index (κ3) is 5.51. The Morgan fingerprint density at radius 1 is 1.30 bits per heavy atom. The molecule has 8 heteroatoms. The minimum atomic E-state index is -3.35. The van der Waals surface area contributed by atoms with E-state index in [0.717, 1.165) is 44.5 Å². The van der Waals surface area contributed by atoms with Gasteiger partial charge in [-0.2, -0.15) is 4.31 Å².